The molecule has 6 heteroatoms. The second-order valence-electron chi connectivity index (χ2n) is 6.52. The zero-order valence-corrected chi connectivity index (χ0v) is 15.7. The Hall–Kier alpha value is -2.99. The quantitative estimate of drug-likeness (QED) is 0.524. The number of sulfone groups is 1. The molecular weight excluding hydrogens is 363 g/mol. The maximum atomic E-state index is 13.7. The third-order valence-electron chi connectivity index (χ3n) is 4.50. The van der Waals surface area contributed by atoms with Crippen LogP contribution in [-0.2, 0) is 9.84 Å². The maximum Gasteiger partial charge on any atom is 0.175 e. The highest BCUT2D eigenvalue weighted by Crippen LogP contribution is 2.32. The highest BCUT2D eigenvalue weighted by molar-refractivity contribution is 7.90. The van der Waals surface area contributed by atoms with Crippen molar-refractivity contribution >= 4 is 20.7 Å². The van der Waals surface area contributed by atoms with Gasteiger partial charge in [0.25, 0.3) is 0 Å². The minimum atomic E-state index is -3.27. The van der Waals surface area contributed by atoms with Crippen LogP contribution in [0.2, 0.25) is 0 Å². The summed E-state index contributed by atoms with van der Waals surface area (Å²) in [5.41, 5.74) is 4.27. The molecule has 0 radical (unpaired) electrons. The van der Waals surface area contributed by atoms with Gasteiger partial charge in [0.15, 0.2) is 9.84 Å². The van der Waals surface area contributed by atoms with Crippen LogP contribution in [0.15, 0.2) is 71.8 Å². The van der Waals surface area contributed by atoms with E-state index >= 15 is 0 Å². The Morgan fingerprint density at radius 1 is 0.963 bits per heavy atom. The van der Waals surface area contributed by atoms with Gasteiger partial charge in [0.2, 0.25) is 0 Å². The molecule has 0 saturated heterocycles. The SMILES string of the molecule is Cc1ccc(-n2c(-c3ccc(S(C)(=O)=O)cc3)cc3cc(F)ccc32)cn1. The summed E-state index contributed by atoms with van der Waals surface area (Å²) in [6.07, 6.45) is 2.95. The summed E-state index contributed by atoms with van der Waals surface area (Å²) < 4.78 is 39.2. The molecule has 0 aliphatic carbocycles. The minimum absolute atomic E-state index is 0.261. The van der Waals surface area contributed by atoms with Crippen molar-refractivity contribution in [2.24, 2.45) is 0 Å². The van der Waals surface area contributed by atoms with E-state index in [0.29, 0.717) is 0 Å². The molecule has 0 unspecified atom stereocenters. The number of aromatic nitrogens is 2. The molecule has 0 fully saturated rings. The van der Waals surface area contributed by atoms with Crippen molar-refractivity contribution < 1.29 is 12.8 Å². The van der Waals surface area contributed by atoms with E-state index in [1.54, 1.807) is 36.5 Å². The Morgan fingerprint density at radius 2 is 1.70 bits per heavy atom. The number of fused-ring (bicyclic) bond motifs is 1. The monoisotopic (exact) mass is 380 g/mol. The molecule has 0 bridgehead atoms. The molecule has 0 aliphatic rings. The molecular formula is C21H17FN2O2S. The molecule has 0 amide bonds. The van der Waals surface area contributed by atoms with Gasteiger partial charge >= 0.3 is 0 Å². The molecule has 0 atom stereocenters. The summed E-state index contributed by atoms with van der Waals surface area (Å²) >= 11 is 0. The number of aryl methyl sites for hydroxylation is 1. The van der Waals surface area contributed by atoms with Gasteiger partial charge in [-0.2, -0.15) is 0 Å². The molecule has 0 N–H and O–H groups in total. The summed E-state index contributed by atoms with van der Waals surface area (Å²) in [7, 11) is -3.27. The Kier molecular flexibility index (Phi) is 4.08. The third kappa shape index (κ3) is 3.24. The summed E-state index contributed by atoms with van der Waals surface area (Å²) in [4.78, 5) is 4.63. The normalized spacial score (nSPS) is 11.8. The lowest BCUT2D eigenvalue weighted by Gasteiger charge is -2.11. The molecule has 2 heterocycles. The number of nitrogens with zero attached hydrogens (tertiary/aromatic N) is 2. The standard InChI is InChI=1S/C21H17FN2O2S/c1-14-3-7-18(13-23-14)24-20-10-6-17(22)11-16(20)12-21(24)15-4-8-19(9-5-15)27(2,25)26/h3-13H,1-2H3. The van der Waals surface area contributed by atoms with Gasteiger partial charge in [0.1, 0.15) is 5.82 Å². The predicted molar refractivity (Wildman–Crippen MR) is 104 cm³/mol. The molecule has 0 saturated carbocycles. The van der Waals surface area contributed by atoms with Crippen LogP contribution in [0.1, 0.15) is 5.69 Å². The van der Waals surface area contributed by atoms with Crippen LogP contribution >= 0.6 is 0 Å². The van der Waals surface area contributed by atoms with Crippen molar-refractivity contribution in [3.63, 3.8) is 0 Å². The molecule has 4 rings (SSSR count). The molecule has 4 nitrogen and oxygen atoms in total. The lowest BCUT2D eigenvalue weighted by molar-refractivity contribution is 0.602. The number of hydrogen-bond acceptors (Lipinski definition) is 3. The fourth-order valence-electron chi connectivity index (χ4n) is 3.14. The maximum absolute atomic E-state index is 13.7. The Bertz CT molecular complexity index is 1240. The van der Waals surface area contributed by atoms with Crippen LogP contribution in [0, 0.1) is 12.7 Å². The first-order valence-corrected chi connectivity index (χ1v) is 10.3. The second kappa shape index (κ2) is 6.32. The van der Waals surface area contributed by atoms with Crippen LogP contribution in [0.5, 0.6) is 0 Å². The first kappa shape index (κ1) is 17.4. The number of halogens is 1. The first-order chi connectivity index (χ1) is 12.8. The molecule has 136 valence electrons. The number of hydrogen-bond donors (Lipinski definition) is 0. The van der Waals surface area contributed by atoms with Gasteiger partial charge in [0.05, 0.1) is 28.0 Å². The van der Waals surface area contributed by atoms with Crippen molar-refractivity contribution in [2.45, 2.75) is 11.8 Å². The van der Waals surface area contributed by atoms with Gasteiger partial charge in [-0.1, -0.05) is 12.1 Å². The van der Waals surface area contributed by atoms with E-state index in [4.69, 9.17) is 0 Å². The average molecular weight is 380 g/mol. The summed E-state index contributed by atoms with van der Waals surface area (Å²) in [6.45, 7) is 1.91. The van der Waals surface area contributed by atoms with Gasteiger partial charge in [0, 0.05) is 17.3 Å². The molecule has 0 spiro atoms. The number of rotatable bonds is 3. The van der Waals surface area contributed by atoms with Crippen molar-refractivity contribution in [2.75, 3.05) is 6.26 Å². The van der Waals surface area contributed by atoms with Crippen molar-refractivity contribution in [1.29, 1.82) is 0 Å². The number of pyridine rings is 1. The van der Waals surface area contributed by atoms with Crippen molar-refractivity contribution in [3.05, 3.63) is 78.4 Å². The van der Waals surface area contributed by atoms with E-state index < -0.39 is 9.84 Å². The van der Waals surface area contributed by atoms with Crippen LogP contribution < -0.4 is 0 Å². The van der Waals surface area contributed by atoms with E-state index in [1.807, 2.05) is 29.7 Å². The highest BCUT2D eigenvalue weighted by Gasteiger charge is 2.14. The van der Waals surface area contributed by atoms with Crippen LogP contribution in [0.25, 0.3) is 27.8 Å². The van der Waals surface area contributed by atoms with Crippen molar-refractivity contribution in [3.8, 4) is 16.9 Å². The molecule has 0 aliphatic heterocycles. The zero-order valence-electron chi connectivity index (χ0n) is 14.8. The lowest BCUT2D eigenvalue weighted by atomic mass is 10.1. The first-order valence-electron chi connectivity index (χ1n) is 8.37. The van der Waals surface area contributed by atoms with E-state index in [9.17, 15) is 12.8 Å². The summed E-state index contributed by atoms with van der Waals surface area (Å²) in [5, 5.41) is 0.762. The molecule has 4 aromatic rings. The Balaban J connectivity index is 1.97. The topological polar surface area (TPSA) is 52.0 Å². The van der Waals surface area contributed by atoms with Gasteiger partial charge in [-0.3, -0.25) is 4.98 Å². The Labute approximate surface area is 156 Å². The van der Waals surface area contributed by atoms with Gasteiger partial charge in [-0.05, 0) is 61.0 Å². The van der Waals surface area contributed by atoms with E-state index in [0.717, 1.165) is 33.5 Å². The van der Waals surface area contributed by atoms with Gasteiger partial charge in [-0.15, -0.1) is 0 Å². The number of benzene rings is 2. The van der Waals surface area contributed by atoms with Gasteiger partial charge in [-0.25, -0.2) is 12.8 Å². The zero-order chi connectivity index (χ0) is 19.2. The largest absolute Gasteiger partial charge is 0.308 e. The minimum Gasteiger partial charge on any atom is -0.308 e. The molecule has 2 aromatic heterocycles. The fourth-order valence-corrected chi connectivity index (χ4v) is 3.77. The van der Waals surface area contributed by atoms with Crippen LogP contribution in [0.3, 0.4) is 0 Å². The summed E-state index contributed by atoms with van der Waals surface area (Å²) in [5.74, 6) is -0.305. The van der Waals surface area contributed by atoms with Crippen molar-refractivity contribution in [1.82, 2.24) is 9.55 Å². The molecule has 2 aromatic carbocycles. The smallest absolute Gasteiger partial charge is 0.175 e. The molecule has 27 heavy (non-hydrogen) atoms. The average Bonchev–Trinajstić information content (AvgIpc) is 3.00. The third-order valence-corrected chi connectivity index (χ3v) is 5.62. The van der Waals surface area contributed by atoms with E-state index in [1.165, 1.54) is 18.4 Å². The van der Waals surface area contributed by atoms with E-state index in [2.05, 4.69) is 4.98 Å². The highest BCUT2D eigenvalue weighted by atomic mass is 32.2. The van der Waals surface area contributed by atoms with Gasteiger partial charge < -0.3 is 4.57 Å². The van der Waals surface area contributed by atoms with Crippen LogP contribution in [0.4, 0.5) is 4.39 Å². The predicted octanol–water partition coefficient (Wildman–Crippen LogP) is 4.54. The second-order valence-corrected chi connectivity index (χ2v) is 8.54. The summed E-state index contributed by atoms with van der Waals surface area (Å²) in [6, 6.07) is 17.1. The lowest BCUT2D eigenvalue weighted by Crippen LogP contribution is -1.99. The van der Waals surface area contributed by atoms with Crippen LogP contribution in [-0.4, -0.2) is 24.2 Å². The van der Waals surface area contributed by atoms with E-state index in [-0.39, 0.29) is 10.7 Å². The Morgan fingerprint density at radius 3 is 2.33 bits per heavy atom. The fraction of sp³-hybridized carbons (Fsp3) is 0.0952.